The van der Waals surface area contributed by atoms with Gasteiger partial charge in [0.1, 0.15) is 5.69 Å². The minimum Gasteiger partial charge on any atom is -0.396 e. The Balaban J connectivity index is 1.97. The molecule has 1 saturated heterocycles. The van der Waals surface area contributed by atoms with Gasteiger partial charge < -0.3 is 10.0 Å². The lowest BCUT2D eigenvalue weighted by atomic mass is 9.98. The highest BCUT2D eigenvalue weighted by molar-refractivity contribution is 7.92. The molecule has 0 spiro atoms. The van der Waals surface area contributed by atoms with Gasteiger partial charge in [-0.25, -0.2) is 8.42 Å². The molecule has 0 aliphatic carbocycles. The molecule has 0 saturated carbocycles. The summed E-state index contributed by atoms with van der Waals surface area (Å²) in [5, 5.41) is 21.1. The summed E-state index contributed by atoms with van der Waals surface area (Å²) in [5.74, 6) is 0. The van der Waals surface area contributed by atoms with E-state index in [2.05, 4.69) is 4.72 Å². The van der Waals surface area contributed by atoms with E-state index in [-0.39, 0.29) is 23.2 Å². The van der Waals surface area contributed by atoms with E-state index in [0.29, 0.717) is 24.3 Å². The number of hydrogen-bond acceptors (Lipinski definition) is 6. The lowest BCUT2D eigenvalue weighted by molar-refractivity contribution is -0.384. The number of nitro benzene ring substituents is 1. The maximum Gasteiger partial charge on any atom is 0.293 e. The highest BCUT2D eigenvalue weighted by Crippen LogP contribution is 2.36. The third-order valence-electron chi connectivity index (χ3n) is 5.48. The van der Waals surface area contributed by atoms with E-state index in [1.807, 2.05) is 17.9 Å². The number of benzene rings is 2. The minimum atomic E-state index is -3.99. The fraction of sp³-hybridized carbons (Fsp3) is 0.429. The highest BCUT2D eigenvalue weighted by Gasteiger charge is 2.29. The Hall–Kier alpha value is -2.65. The van der Waals surface area contributed by atoms with Crippen LogP contribution in [0.2, 0.25) is 0 Å². The van der Waals surface area contributed by atoms with Gasteiger partial charge in [-0.3, -0.25) is 14.8 Å². The summed E-state index contributed by atoms with van der Waals surface area (Å²) in [4.78, 5) is 13.0. The monoisotopic (exact) mass is 433 g/mol. The lowest BCUT2D eigenvalue weighted by Crippen LogP contribution is -2.40. The van der Waals surface area contributed by atoms with Gasteiger partial charge in [0.25, 0.3) is 15.7 Å². The first-order valence-corrected chi connectivity index (χ1v) is 11.5. The zero-order valence-corrected chi connectivity index (χ0v) is 18.0. The Kier molecular flexibility index (Phi) is 6.62. The van der Waals surface area contributed by atoms with Crippen molar-refractivity contribution in [3.05, 3.63) is 57.6 Å². The van der Waals surface area contributed by atoms with E-state index in [1.54, 1.807) is 19.1 Å². The van der Waals surface area contributed by atoms with Crippen LogP contribution in [0.15, 0.2) is 41.3 Å². The van der Waals surface area contributed by atoms with Crippen molar-refractivity contribution in [2.24, 2.45) is 0 Å². The number of piperidine rings is 1. The summed E-state index contributed by atoms with van der Waals surface area (Å²) in [6, 6.07) is 9.36. The van der Waals surface area contributed by atoms with Crippen LogP contribution in [0, 0.1) is 24.0 Å². The number of nitrogens with one attached hydrogen (secondary N) is 1. The van der Waals surface area contributed by atoms with Crippen molar-refractivity contribution < 1.29 is 18.4 Å². The molecule has 1 fully saturated rings. The highest BCUT2D eigenvalue weighted by atomic mass is 32.2. The molecule has 9 heteroatoms. The van der Waals surface area contributed by atoms with Crippen LogP contribution in [0.5, 0.6) is 0 Å². The number of aliphatic hydroxyl groups excluding tert-OH is 1. The van der Waals surface area contributed by atoms with Crippen LogP contribution in [0.1, 0.15) is 36.8 Å². The van der Waals surface area contributed by atoms with Gasteiger partial charge in [0.2, 0.25) is 0 Å². The summed E-state index contributed by atoms with van der Waals surface area (Å²) < 4.78 is 28.3. The van der Waals surface area contributed by atoms with Crippen molar-refractivity contribution in [2.75, 3.05) is 22.8 Å². The smallest absolute Gasteiger partial charge is 0.293 e. The van der Waals surface area contributed by atoms with Crippen molar-refractivity contribution in [1.29, 1.82) is 0 Å². The second-order valence-corrected chi connectivity index (χ2v) is 9.37. The largest absolute Gasteiger partial charge is 0.396 e. The van der Waals surface area contributed by atoms with Crippen molar-refractivity contribution in [3.63, 3.8) is 0 Å². The first kappa shape index (κ1) is 22.0. The number of nitrogens with zero attached hydrogens (tertiary/aromatic N) is 2. The topological polar surface area (TPSA) is 113 Å². The van der Waals surface area contributed by atoms with E-state index in [1.165, 1.54) is 12.1 Å². The van der Waals surface area contributed by atoms with Crippen LogP contribution < -0.4 is 9.62 Å². The summed E-state index contributed by atoms with van der Waals surface area (Å²) in [6.45, 7) is 4.35. The Morgan fingerprint density at radius 3 is 2.63 bits per heavy atom. The number of hydrogen-bond donors (Lipinski definition) is 2. The number of aryl methyl sites for hydroxylation is 2. The Morgan fingerprint density at radius 1 is 1.20 bits per heavy atom. The van der Waals surface area contributed by atoms with Gasteiger partial charge in [0, 0.05) is 25.3 Å². The molecule has 0 aromatic heterocycles. The van der Waals surface area contributed by atoms with Gasteiger partial charge in [0.15, 0.2) is 0 Å². The maximum atomic E-state index is 12.9. The quantitative estimate of drug-likeness (QED) is 0.508. The molecule has 1 unspecified atom stereocenters. The Labute approximate surface area is 176 Å². The van der Waals surface area contributed by atoms with Gasteiger partial charge in [0.05, 0.1) is 15.5 Å². The van der Waals surface area contributed by atoms with Gasteiger partial charge >= 0.3 is 0 Å². The minimum absolute atomic E-state index is 0.00124. The molecular weight excluding hydrogens is 406 g/mol. The van der Waals surface area contributed by atoms with Crippen molar-refractivity contribution in [1.82, 2.24) is 0 Å². The molecule has 1 aliphatic heterocycles. The van der Waals surface area contributed by atoms with Gasteiger partial charge in [-0.05, 0) is 63.3 Å². The molecular formula is C21H27N3O5S. The Morgan fingerprint density at radius 2 is 1.97 bits per heavy atom. The van der Waals surface area contributed by atoms with Crippen LogP contribution in [0.25, 0.3) is 0 Å². The third-order valence-corrected chi connectivity index (χ3v) is 6.84. The standard InChI is InChI=1S/C21H27N3O5S/c1-15-6-8-19(16(2)13-15)22-30(28,29)18-7-9-20(21(14-18)24(26)27)23-11-4-3-5-17(23)10-12-25/h6-9,13-14,17,22,25H,3-5,10-12H2,1-2H3. The predicted molar refractivity (Wildman–Crippen MR) is 117 cm³/mol. The van der Waals surface area contributed by atoms with Gasteiger partial charge in [-0.1, -0.05) is 17.7 Å². The first-order chi connectivity index (χ1) is 14.2. The first-order valence-electron chi connectivity index (χ1n) is 9.99. The zero-order valence-electron chi connectivity index (χ0n) is 17.2. The van der Waals surface area contributed by atoms with Crippen molar-refractivity contribution in [2.45, 2.75) is 50.5 Å². The van der Waals surface area contributed by atoms with E-state index in [9.17, 15) is 23.6 Å². The molecule has 2 aromatic carbocycles. The average Bonchev–Trinajstić information content (AvgIpc) is 2.70. The second-order valence-electron chi connectivity index (χ2n) is 7.69. The molecule has 8 nitrogen and oxygen atoms in total. The maximum absolute atomic E-state index is 12.9. The van der Waals surface area contributed by atoms with Crippen LogP contribution in [-0.2, 0) is 10.0 Å². The SMILES string of the molecule is Cc1ccc(NS(=O)(=O)c2ccc(N3CCCCC3CCO)c([N+](=O)[O-])c2)c(C)c1. The molecule has 0 amide bonds. The average molecular weight is 434 g/mol. The number of aliphatic hydroxyl groups is 1. The summed E-state index contributed by atoms with van der Waals surface area (Å²) >= 11 is 0. The van der Waals surface area contributed by atoms with Gasteiger partial charge in [-0.15, -0.1) is 0 Å². The van der Waals surface area contributed by atoms with Crippen LogP contribution >= 0.6 is 0 Å². The summed E-state index contributed by atoms with van der Waals surface area (Å²) in [6.07, 6.45) is 3.26. The zero-order chi connectivity index (χ0) is 21.9. The molecule has 1 aliphatic rings. The van der Waals surface area contributed by atoms with Crippen LogP contribution in [0.3, 0.4) is 0 Å². The third kappa shape index (κ3) is 4.73. The van der Waals surface area contributed by atoms with Crippen molar-refractivity contribution in [3.8, 4) is 0 Å². The van der Waals surface area contributed by atoms with E-state index in [0.717, 1.165) is 36.5 Å². The summed E-state index contributed by atoms with van der Waals surface area (Å²) in [7, 11) is -3.99. The molecule has 2 N–H and O–H groups in total. The molecule has 0 bridgehead atoms. The van der Waals surface area contributed by atoms with Gasteiger partial charge in [-0.2, -0.15) is 0 Å². The van der Waals surface area contributed by atoms with Crippen molar-refractivity contribution >= 4 is 27.1 Å². The molecule has 2 aromatic rings. The molecule has 1 atom stereocenters. The number of sulfonamides is 1. The van der Waals surface area contributed by atoms with E-state index < -0.39 is 14.9 Å². The van der Waals surface area contributed by atoms with Crippen LogP contribution in [0.4, 0.5) is 17.1 Å². The number of rotatable bonds is 7. The molecule has 162 valence electrons. The molecule has 0 radical (unpaired) electrons. The fourth-order valence-corrected chi connectivity index (χ4v) is 5.11. The predicted octanol–water partition coefficient (Wildman–Crippen LogP) is 3.75. The molecule has 1 heterocycles. The summed E-state index contributed by atoms with van der Waals surface area (Å²) in [5.41, 5.74) is 2.36. The van der Waals surface area contributed by atoms with E-state index in [4.69, 9.17) is 0 Å². The second kappa shape index (κ2) is 9.01. The number of anilines is 2. The van der Waals surface area contributed by atoms with E-state index >= 15 is 0 Å². The number of nitro groups is 1. The lowest BCUT2D eigenvalue weighted by Gasteiger charge is -2.37. The van der Waals surface area contributed by atoms with Crippen LogP contribution in [-0.4, -0.2) is 37.6 Å². The Bertz CT molecular complexity index is 1040. The fourth-order valence-electron chi connectivity index (χ4n) is 3.96. The molecule has 3 rings (SSSR count). The molecule has 30 heavy (non-hydrogen) atoms. The normalized spacial score (nSPS) is 17.0.